The molecule has 0 saturated carbocycles. The summed E-state index contributed by atoms with van der Waals surface area (Å²) in [5.41, 5.74) is 0.414. The second-order valence-corrected chi connectivity index (χ2v) is 4.16. The minimum Gasteiger partial charge on any atom is -0.506 e. The van der Waals surface area contributed by atoms with Crippen LogP contribution in [-0.4, -0.2) is 17.6 Å². The molecule has 0 aliphatic rings. The van der Waals surface area contributed by atoms with Gasteiger partial charge < -0.3 is 14.8 Å². The Balaban J connectivity index is 1.89. The van der Waals surface area contributed by atoms with E-state index >= 15 is 0 Å². The van der Waals surface area contributed by atoms with Gasteiger partial charge in [0, 0.05) is 18.5 Å². The molecule has 2 aromatic rings. The van der Waals surface area contributed by atoms with Crippen LogP contribution in [-0.2, 0) is 6.42 Å². The van der Waals surface area contributed by atoms with Gasteiger partial charge in [0.15, 0.2) is 0 Å². The first-order chi connectivity index (χ1) is 8.66. The van der Waals surface area contributed by atoms with Crippen LogP contribution in [0.2, 0.25) is 5.02 Å². The molecule has 4 nitrogen and oxygen atoms in total. The number of furan rings is 1. The molecule has 2 N–H and O–H groups in total. The fourth-order valence-corrected chi connectivity index (χ4v) is 1.68. The molecule has 94 valence electrons. The molecule has 0 aliphatic carbocycles. The fraction of sp³-hybridized carbons (Fsp3) is 0.154. The van der Waals surface area contributed by atoms with E-state index in [9.17, 15) is 9.90 Å². The van der Waals surface area contributed by atoms with Gasteiger partial charge in [-0.05, 0) is 30.3 Å². The monoisotopic (exact) mass is 265 g/mol. The summed E-state index contributed by atoms with van der Waals surface area (Å²) in [5.74, 6) is 0.547. The van der Waals surface area contributed by atoms with Gasteiger partial charge in [0.25, 0.3) is 5.91 Å². The summed E-state index contributed by atoms with van der Waals surface area (Å²) < 4.78 is 5.15. The highest BCUT2D eigenvalue weighted by Crippen LogP contribution is 2.23. The summed E-state index contributed by atoms with van der Waals surface area (Å²) in [4.78, 5) is 11.8. The number of aromatic hydroxyl groups is 1. The van der Waals surface area contributed by atoms with Crippen molar-refractivity contribution >= 4 is 17.5 Å². The Morgan fingerprint density at radius 3 is 2.89 bits per heavy atom. The molecule has 0 aliphatic heterocycles. The molecule has 0 spiro atoms. The third-order valence-electron chi connectivity index (χ3n) is 2.45. The van der Waals surface area contributed by atoms with Crippen molar-refractivity contribution in [3.63, 3.8) is 0 Å². The van der Waals surface area contributed by atoms with Crippen LogP contribution in [0, 0.1) is 0 Å². The highest BCUT2D eigenvalue weighted by atomic mass is 35.5. The van der Waals surface area contributed by atoms with E-state index in [0.29, 0.717) is 18.5 Å². The van der Waals surface area contributed by atoms with E-state index in [2.05, 4.69) is 5.32 Å². The van der Waals surface area contributed by atoms with Crippen LogP contribution in [0.5, 0.6) is 5.75 Å². The Morgan fingerprint density at radius 1 is 1.39 bits per heavy atom. The van der Waals surface area contributed by atoms with Crippen molar-refractivity contribution in [2.75, 3.05) is 6.54 Å². The summed E-state index contributed by atoms with van der Waals surface area (Å²) in [5, 5.41) is 12.2. The standard InChI is InChI=1S/C13H12ClNO3/c14-11-8-9(3-4-12(11)16)13(17)15-6-5-10-2-1-7-18-10/h1-4,7-8,16H,5-6H2,(H,15,17). The third kappa shape index (κ3) is 3.05. The first kappa shape index (κ1) is 12.5. The lowest BCUT2D eigenvalue weighted by Crippen LogP contribution is -2.25. The maximum absolute atomic E-state index is 11.8. The van der Waals surface area contributed by atoms with Crippen molar-refractivity contribution in [3.8, 4) is 5.75 Å². The van der Waals surface area contributed by atoms with Crippen LogP contribution in [0.1, 0.15) is 16.1 Å². The fourth-order valence-electron chi connectivity index (χ4n) is 1.50. The van der Waals surface area contributed by atoms with Crippen LogP contribution in [0.25, 0.3) is 0 Å². The minimum absolute atomic E-state index is 0.0381. The number of carbonyl (C=O) groups is 1. The van der Waals surface area contributed by atoms with Gasteiger partial charge in [0.1, 0.15) is 11.5 Å². The zero-order valence-corrected chi connectivity index (χ0v) is 10.3. The molecule has 2 rings (SSSR count). The minimum atomic E-state index is -0.233. The predicted molar refractivity (Wildman–Crippen MR) is 67.9 cm³/mol. The van der Waals surface area contributed by atoms with Gasteiger partial charge in [-0.25, -0.2) is 0 Å². The van der Waals surface area contributed by atoms with Crippen molar-refractivity contribution in [3.05, 3.63) is 52.9 Å². The highest BCUT2D eigenvalue weighted by Gasteiger charge is 2.08. The Kier molecular flexibility index (Phi) is 3.89. The van der Waals surface area contributed by atoms with Crippen molar-refractivity contribution in [2.24, 2.45) is 0 Å². The van der Waals surface area contributed by atoms with Crippen molar-refractivity contribution in [1.29, 1.82) is 0 Å². The summed E-state index contributed by atoms with van der Waals surface area (Å²) in [6, 6.07) is 7.99. The average Bonchev–Trinajstić information content (AvgIpc) is 2.85. The zero-order chi connectivity index (χ0) is 13.0. The summed E-state index contributed by atoms with van der Waals surface area (Å²) in [7, 11) is 0. The lowest BCUT2D eigenvalue weighted by molar-refractivity contribution is 0.0953. The molecule has 1 heterocycles. The molecule has 0 atom stereocenters. The van der Waals surface area contributed by atoms with Gasteiger partial charge in [0.2, 0.25) is 0 Å². The van der Waals surface area contributed by atoms with Crippen molar-refractivity contribution < 1.29 is 14.3 Å². The zero-order valence-electron chi connectivity index (χ0n) is 9.52. The lowest BCUT2D eigenvalue weighted by atomic mass is 10.2. The highest BCUT2D eigenvalue weighted by molar-refractivity contribution is 6.32. The molecule has 18 heavy (non-hydrogen) atoms. The Bertz CT molecular complexity index is 537. The van der Waals surface area contributed by atoms with Gasteiger partial charge in [0.05, 0.1) is 11.3 Å². The molecular weight excluding hydrogens is 254 g/mol. The number of benzene rings is 1. The van der Waals surface area contributed by atoms with Crippen LogP contribution >= 0.6 is 11.6 Å². The summed E-state index contributed by atoms with van der Waals surface area (Å²) >= 11 is 5.73. The van der Waals surface area contributed by atoms with Crippen LogP contribution in [0.4, 0.5) is 0 Å². The number of nitrogens with one attached hydrogen (secondary N) is 1. The quantitative estimate of drug-likeness (QED) is 0.893. The number of phenolic OH excluding ortho intramolecular Hbond substituents is 1. The van der Waals surface area contributed by atoms with Crippen LogP contribution in [0.3, 0.4) is 0 Å². The summed E-state index contributed by atoms with van der Waals surface area (Å²) in [6.45, 7) is 0.477. The van der Waals surface area contributed by atoms with Crippen molar-refractivity contribution in [2.45, 2.75) is 6.42 Å². The van der Waals surface area contributed by atoms with Gasteiger partial charge >= 0.3 is 0 Å². The van der Waals surface area contributed by atoms with E-state index in [1.807, 2.05) is 6.07 Å². The number of halogens is 1. The van der Waals surface area contributed by atoms with Crippen LogP contribution in [0.15, 0.2) is 41.0 Å². The Hall–Kier alpha value is -1.94. The third-order valence-corrected chi connectivity index (χ3v) is 2.75. The molecule has 1 aromatic carbocycles. The first-order valence-corrected chi connectivity index (χ1v) is 5.83. The number of hydrogen-bond acceptors (Lipinski definition) is 3. The van der Waals surface area contributed by atoms with Crippen molar-refractivity contribution in [1.82, 2.24) is 5.32 Å². The molecule has 0 radical (unpaired) electrons. The van der Waals surface area contributed by atoms with E-state index < -0.39 is 0 Å². The Morgan fingerprint density at radius 2 is 2.22 bits per heavy atom. The molecular formula is C13H12ClNO3. The van der Waals surface area contributed by atoms with E-state index in [-0.39, 0.29) is 16.7 Å². The number of rotatable bonds is 4. The van der Waals surface area contributed by atoms with Gasteiger partial charge in [-0.3, -0.25) is 4.79 Å². The number of carbonyl (C=O) groups excluding carboxylic acids is 1. The van der Waals surface area contributed by atoms with Gasteiger partial charge in [-0.1, -0.05) is 11.6 Å². The second-order valence-electron chi connectivity index (χ2n) is 3.75. The normalized spacial score (nSPS) is 10.3. The predicted octanol–water partition coefficient (Wildman–Crippen LogP) is 2.61. The largest absolute Gasteiger partial charge is 0.506 e. The molecule has 1 amide bonds. The summed E-state index contributed by atoms with van der Waals surface area (Å²) in [6.07, 6.45) is 2.22. The SMILES string of the molecule is O=C(NCCc1ccco1)c1ccc(O)c(Cl)c1. The van der Waals surface area contributed by atoms with E-state index in [0.717, 1.165) is 5.76 Å². The van der Waals surface area contributed by atoms with E-state index in [4.69, 9.17) is 16.0 Å². The topological polar surface area (TPSA) is 62.5 Å². The number of phenols is 1. The smallest absolute Gasteiger partial charge is 0.251 e. The van der Waals surface area contributed by atoms with Crippen LogP contribution < -0.4 is 5.32 Å². The average molecular weight is 266 g/mol. The van der Waals surface area contributed by atoms with E-state index in [1.54, 1.807) is 12.3 Å². The number of amides is 1. The number of hydrogen-bond donors (Lipinski definition) is 2. The first-order valence-electron chi connectivity index (χ1n) is 5.46. The van der Waals surface area contributed by atoms with Gasteiger partial charge in [-0.2, -0.15) is 0 Å². The van der Waals surface area contributed by atoms with E-state index in [1.165, 1.54) is 18.2 Å². The second kappa shape index (κ2) is 5.60. The molecule has 1 aromatic heterocycles. The Labute approximate surface area is 109 Å². The maximum atomic E-state index is 11.8. The molecule has 0 saturated heterocycles. The molecule has 0 unspecified atom stereocenters. The molecule has 0 fully saturated rings. The maximum Gasteiger partial charge on any atom is 0.251 e. The molecule has 0 bridgehead atoms. The molecule has 5 heteroatoms. The lowest BCUT2D eigenvalue weighted by Gasteiger charge is -2.05. The van der Waals surface area contributed by atoms with Gasteiger partial charge in [-0.15, -0.1) is 0 Å².